The third-order valence-electron chi connectivity index (χ3n) is 4.74. The number of hydrogen-bond donors (Lipinski definition) is 1. The average Bonchev–Trinajstić information content (AvgIpc) is 2.69. The van der Waals surface area contributed by atoms with E-state index in [1.807, 2.05) is 6.07 Å². The second kappa shape index (κ2) is 8.49. The topological polar surface area (TPSA) is 140 Å². The highest BCUT2D eigenvalue weighted by atomic mass is 32.2. The molecule has 1 fully saturated rings. The first-order valence-corrected chi connectivity index (χ1v) is 11.6. The molecule has 32 heavy (non-hydrogen) atoms. The molecule has 0 atom stereocenters. The van der Waals surface area contributed by atoms with E-state index in [1.54, 1.807) is 38.2 Å². The number of rotatable bonds is 6. The van der Waals surface area contributed by atoms with E-state index in [2.05, 4.69) is 24.7 Å². The van der Waals surface area contributed by atoms with Gasteiger partial charge in [-0.15, -0.1) is 0 Å². The van der Waals surface area contributed by atoms with Gasteiger partial charge in [-0.3, -0.25) is 9.71 Å². The van der Waals surface area contributed by atoms with E-state index in [0.29, 0.717) is 53.0 Å². The van der Waals surface area contributed by atoms with Gasteiger partial charge in [-0.2, -0.15) is 5.26 Å². The molecule has 1 saturated heterocycles. The highest BCUT2D eigenvalue weighted by Crippen LogP contribution is 2.34. The SMILES string of the molecule is Cc1nc(C2COC2)nc(C)c1Oc1nc(-c2cncc(C#N)c2)ccc1NS(C)(=O)=O. The molecular weight excluding hydrogens is 432 g/mol. The molecule has 0 aliphatic carbocycles. The summed E-state index contributed by atoms with van der Waals surface area (Å²) < 4.78 is 37.4. The normalized spacial score (nSPS) is 13.8. The summed E-state index contributed by atoms with van der Waals surface area (Å²) in [5.41, 5.74) is 2.79. The molecule has 0 bridgehead atoms. The molecule has 4 rings (SSSR count). The number of aryl methyl sites for hydroxylation is 2. The van der Waals surface area contributed by atoms with Crippen LogP contribution in [0.25, 0.3) is 11.3 Å². The van der Waals surface area contributed by atoms with Crippen LogP contribution in [0.3, 0.4) is 0 Å². The Morgan fingerprint density at radius 2 is 1.88 bits per heavy atom. The predicted molar refractivity (Wildman–Crippen MR) is 116 cm³/mol. The Hall–Kier alpha value is -3.62. The van der Waals surface area contributed by atoms with Crippen molar-refractivity contribution in [3.8, 4) is 29.0 Å². The molecule has 3 aromatic heterocycles. The van der Waals surface area contributed by atoms with Crippen molar-refractivity contribution in [1.29, 1.82) is 5.26 Å². The van der Waals surface area contributed by atoms with E-state index < -0.39 is 10.0 Å². The van der Waals surface area contributed by atoms with Crippen LogP contribution in [0.4, 0.5) is 5.69 Å². The molecule has 0 unspecified atom stereocenters. The third kappa shape index (κ3) is 4.66. The summed E-state index contributed by atoms with van der Waals surface area (Å²) in [6, 6.07) is 6.84. The largest absolute Gasteiger partial charge is 0.433 e. The van der Waals surface area contributed by atoms with Crippen LogP contribution in [-0.4, -0.2) is 47.8 Å². The lowest BCUT2D eigenvalue weighted by molar-refractivity contribution is 0.00468. The van der Waals surface area contributed by atoms with Crippen LogP contribution in [0.2, 0.25) is 0 Å². The molecule has 1 aliphatic heterocycles. The van der Waals surface area contributed by atoms with Gasteiger partial charge in [-0.05, 0) is 32.0 Å². The van der Waals surface area contributed by atoms with Gasteiger partial charge < -0.3 is 9.47 Å². The van der Waals surface area contributed by atoms with E-state index >= 15 is 0 Å². The molecule has 11 heteroatoms. The van der Waals surface area contributed by atoms with Gasteiger partial charge in [0.15, 0.2) is 5.75 Å². The van der Waals surface area contributed by atoms with Crippen molar-refractivity contribution < 1.29 is 17.9 Å². The predicted octanol–water partition coefficient (Wildman–Crippen LogP) is 2.70. The van der Waals surface area contributed by atoms with Crippen molar-refractivity contribution in [1.82, 2.24) is 19.9 Å². The van der Waals surface area contributed by atoms with E-state index in [0.717, 1.165) is 6.26 Å². The highest BCUT2D eigenvalue weighted by molar-refractivity contribution is 7.92. The molecular formula is C21H20N6O4S. The zero-order chi connectivity index (χ0) is 22.9. The summed E-state index contributed by atoms with van der Waals surface area (Å²) in [7, 11) is -3.58. The van der Waals surface area contributed by atoms with Gasteiger partial charge >= 0.3 is 0 Å². The molecule has 4 heterocycles. The summed E-state index contributed by atoms with van der Waals surface area (Å²) >= 11 is 0. The van der Waals surface area contributed by atoms with Crippen molar-refractivity contribution in [2.45, 2.75) is 19.8 Å². The number of nitrogens with zero attached hydrogens (tertiary/aromatic N) is 5. The lowest BCUT2D eigenvalue weighted by Crippen LogP contribution is -2.27. The van der Waals surface area contributed by atoms with Crippen LogP contribution in [0, 0.1) is 25.2 Å². The van der Waals surface area contributed by atoms with Gasteiger partial charge in [-0.1, -0.05) is 0 Å². The number of hydrogen-bond acceptors (Lipinski definition) is 9. The van der Waals surface area contributed by atoms with Gasteiger partial charge in [0.05, 0.1) is 48.0 Å². The van der Waals surface area contributed by atoms with Crippen LogP contribution in [0.5, 0.6) is 11.6 Å². The Bertz CT molecular complexity index is 1310. The number of nitriles is 1. The molecule has 10 nitrogen and oxygen atoms in total. The minimum Gasteiger partial charge on any atom is -0.433 e. The molecule has 3 aromatic rings. The first-order valence-electron chi connectivity index (χ1n) is 9.68. The zero-order valence-corrected chi connectivity index (χ0v) is 18.5. The first kappa shape index (κ1) is 21.6. The fourth-order valence-electron chi connectivity index (χ4n) is 3.14. The molecule has 0 aromatic carbocycles. The van der Waals surface area contributed by atoms with Crippen molar-refractivity contribution in [2.24, 2.45) is 0 Å². The maximum Gasteiger partial charge on any atom is 0.244 e. The molecule has 1 aliphatic rings. The Morgan fingerprint density at radius 1 is 1.16 bits per heavy atom. The number of anilines is 1. The highest BCUT2D eigenvalue weighted by Gasteiger charge is 2.25. The van der Waals surface area contributed by atoms with E-state index in [4.69, 9.17) is 14.7 Å². The molecule has 0 amide bonds. The Morgan fingerprint density at radius 3 is 2.47 bits per heavy atom. The quantitative estimate of drug-likeness (QED) is 0.597. The molecule has 0 radical (unpaired) electrons. The summed E-state index contributed by atoms with van der Waals surface area (Å²) in [5.74, 6) is 1.27. The van der Waals surface area contributed by atoms with Crippen molar-refractivity contribution in [3.63, 3.8) is 0 Å². The third-order valence-corrected chi connectivity index (χ3v) is 5.33. The molecule has 164 valence electrons. The number of ether oxygens (including phenoxy) is 2. The minimum absolute atomic E-state index is 0.0322. The smallest absolute Gasteiger partial charge is 0.244 e. The number of sulfonamides is 1. The Labute approximate surface area is 185 Å². The minimum atomic E-state index is -3.58. The van der Waals surface area contributed by atoms with Gasteiger partial charge in [-0.25, -0.2) is 23.4 Å². The van der Waals surface area contributed by atoms with E-state index in [-0.39, 0.29) is 17.5 Å². The number of nitrogens with one attached hydrogen (secondary N) is 1. The summed E-state index contributed by atoms with van der Waals surface area (Å²) in [6.45, 7) is 4.75. The second-order valence-electron chi connectivity index (χ2n) is 7.42. The van der Waals surface area contributed by atoms with Crippen molar-refractivity contribution in [3.05, 3.63) is 53.4 Å². The molecule has 1 N–H and O–H groups in total. The van der Waals surface area contributed by atoms with Crippen molar-refractivity contribution >= 4 is 15.7 Å². The summed E-state index contributed by atoms with van der Waals surface area (Å²) in [5, 5.41) is 9.14. The van der Waals surface area contributed by atoms with Crippen LogP contribution >= 0.6 is 0 Å². The average molecular weight is 452 g/mol. The number of pyridine rings is 2. The fraction of sp³-hybridized carbons (Fsp3) is 0.286. The lowest BCUT2D eigenvalue weighted by Gasteiger charge is -2.25. The van der Waals surface area contributed by atoms with Crippen molar-refractivity contribution in [2.75, 3.05) is 24.2 Å². The van der Waals surface area contributed by atoms with Crippen LogP contribution in [0.1, 0.15) is 28.7 Å². The van der Waals surface area contributed by atoms with E-state index in [9.17, 15) is 8.42 Å². The Balaban J connectivity index is 1.76. The van der Waals surface area contributed by atoms with E-state index in [1.165, 1.54) is 6.20 Å². The maximum absolute atomic E-state index is 11.9. The molecule has 0 saturated carbocycles. The van der Waals surface area contributed by atoms with Gasteiger partial charge in [0, 0.05) is 18.0 Å². The monoisotopic (exact) mass is 452 g/mol. The van der Waals surface area contributed by atoms with Gasteiger partial charge in [0.2, 0.25) is 15.9 Å². The summed E-state index contributed by atoms with van der Waals surface area (Å²) in [6.07, 6.45) is 4.05. The zero-order valence-electron chi connectivity index (χ0n) is 17.7. The Kier molecular flexibility index (Phi) is 5.73. The van der Waals surface area contributed by atoms with Gasteiger partial charge in [0.25, 0.3) is 0 Å². The lowest BCUT2D eigenvalue weighted by atomic mass is 10.1. The first-order chi connectivity index (χ1) is 15.2. The summed E-state index contributed by atoms with van der Waals surface area (Å²) in [4.78, 5) is 17.6. The number of aromatic nitrogens is 4. The standard InChI is InChI=1S/C21H20N6O4S/c1-12-19(13(2)25-20(24-12)16-10-30-11-16)31-21-18(27-32(3,28)29)5-4-17(26-21)15-6-14(7-22)8-23-9-15/h4-6,8-9,16,27H,10-11H2,1-3H3. The second-order valence-corrected chi connectivity index (χ2v) is 9.16. The maximum atomic E-state index is 11.9. The van der Waals surface area contributed by atoms with Crippen LogP contribution in [0.15, 0.2) is 30.6 Å². The van der Waals surface area contributed by atoms with Crippen LogP contribution in [-0.2, 0) is 14.8 Å². The van der Waals surface area contributed by atoms with Gasteiger partial charge in [0.1, 0.15) is 17.6 Å². The van der Waals surface area contributed by atoms with Crippen LogP contribution < -0.4 is 9.46 Å². The fourth-order valence-corrected chi connectivity index (χ4v) is 3.70. The molecule has 0 spiro atoms.